The molecule has 0 bridgehead atoms. The number of amides is 2. The number of imide groups is 1. The van der Waals surface area contributed by atoms with E-state index in [1.54, 1.807) is 42.5 Å². The van der Waals surface area contributed by atoms with Gasteiger partial charge < -0.3 is 10.1 Å². The van der Waals surface area contributed by atoms with Gasteiger partial charge >= 0.3 is 0 Å². The fourth-order valence-corrected chi connectivity index (χ4v) is 3.00. The molecule has 2 aromatic carbocycles. The summed E-state index contributed by atoms with van der Waals surface area (Å²) in [6.45, 7) is 2.29. The minimum atomic E-state index is -0.667. The smallest absolute Gasteiger partial charge is 0.256 e. The van der Waals surface area contributed by atoms with E-state index in [1.165, 1.54) is 4.90 Å². The lowest BCUT2D eigenvalue weighted by Gasteiger charge is -2.19. The highest BCUT2D eigenvalue weighted by Crippen LogP contribution is 2.33. The van der Waals surface area contributed by atoms with Gasteiger partial charge in [0, 0.05) is 5.69 Å². The molecule has 0 spiro atoms. The molecule has 0 aliphatic carbocycles. The van der Waals surface area contributed by atoms with Crippen molar-refractivity contribution in [3.05, 3.63) is 52.5 Å². The van der Waals surface area contributed by atoms with Crippen LogP contribution in [0.3, 0.4) is 0 Å². The lowest BCUT2D eigenvalue weighted by Crippen LogP contribution is -2.35. The Bertz CT molecular complexity index is 826. The SMILES string of the molecule is CCOc1ccccc1N1C(=O)CC(Nc2ccc(Cl)c(Cl)c2)C1=O. The lowest BCUT2D eigenvalue weighted by molar-refractivity contribution is -0.121. The summed E-state index contributed by atoms with van der Waals surface area (Å²) in [4.78, 5) is 26.3. The minimum Gasteiger partial charge on any atom is -0.492 e. The van der Waals surface area contributed by atoms with Gasteiger partial charge in [0.25, 0.3) is 5.91 Å². The molecule has 5 nitrogen and oxygen atoms in total. The van der Waals surface area contributed by atoms with Crippen molar-refractivity contribution in [1.29, 1.82) is 0 Å². The molecule has 0 aromatic heterocycles. The highest BCUT2D eigenvalue weighted by atomic mass is 35.5. The van der Waals surface area contributed by atoms with Gasteiger partial charge in [0.1, 0.15) is 11.8 Å². The molecule has 3 rings (SSSR count). The quantitative estimate of drug-likeness (QED) is 0.794. The standard InChI is InChI=1S/C18H16Cl2N2O3/c1-2-25-16-6-4-3-5-15(16)22-17(23)10-14(18(22)24)21-11-7-8-12(19)13(20)9-11/h3-9,14,21H,2,10H2,1H3. The van der Waals surface area contributed by atoms with Crippen LogP contribution in [0, 0.1) is 0 Å². The van der Waals surface area contributed by atoms with Crippen LogP contribution in [0.5, 0.6) is 5.75 Å². The first-order valence-electron chi connectivity index (χ1n) is 7.81. The van der Waals surface area contributed by atoms with Crippen molar-refractivity contribution in [3.63, 3.8) is 0 Å². The van der Waals surface area contributed by atoms with E-state index in [9.17, 15) is 9.59 Å². The summed E-state index contributed by atoms with van der Waals surface area (Å²) in [7, 11) is 0. The van der Waals surface area contributed by atoms with Gasteiger partial charge in [-0.25, -0.2) is 4.90 Å². The molecule has 0 radical (unpaired) electrons. The summed E-state index contributed by atoms with van der Waals surface area (Å²) >= 11 is 11.9. The average Bonchev–Trinajstić information content (AvgIpc) is 2.86. The van der Waals surface area contributed by atoms with Crippen LogP contribution in [0.25, 0.3) is 0 Å². The molecular weight excluding hydrogens is 363 g/mol. The Labute approximate surface area is 155 Å². The van der Waals surface area contributed by atoms with E-state index in [-0.39, 0.29) is 18.2 Å². The Kier molecular flexibility index (Phi) is 5.16. The normalized spacial score (nSPS) is 17.1. The minimum absolute atomic E-state index is 0.0551. The van der Waals surface area contributed by atoms with Crippen molar-refractivity contribution >= 4 is 46.4 Å². The number of hydrogen-bond donors (Lipinski definition) is 1. The molecule has 2 amide bonds. The van der Waals surface area contributed by atoms with E-state index in [1.807, 2.05) is 6.92 Å². The number of halogens is 2. The van der Waals surface area contributed by atoms with Gasteiger partial charge in [-0.15, -0.1) is 0 Å². The van der Waals surface area contributed by atoms with Gasteiger partial charge in [-0.1, -0.05) is 35.3 Å². The van der Waals surface area contributed by atoms with Crippen LogP contribution in [-0.4, -0.2) is 24.5 Å². The second-order valence-corrected chi connectivity index (χ2v) is 6.31. The third kappa shape index (κ3) is 3.57. The van der Waals surface area contributed by atoms with Crippen LogP contribution in [0.15, 0.2) is 42.5 Å². The first-order chi connectivity index (χ1) is 12.0. The van der Waals surface area contributed by atoms with Crippen LogP contribution < -0.4 is 15.0 Å². The molecule has 0 saturated carbocycles. The fraction of sp³-hybridized carbons (Fsp3) is 0.222. The Balaban J connectivity index is 1.84. The molecule has 2 aromatic rings. The van der Waals surface area contributed by atoms with E-state index in [4.69, 9.17) is 27.9 Å². The maximum absolute atomic E-state index is 12.8. The molecular formula is C18H16Cl2N2O3. The molecule has 1 N–H and O–H groups in total. The number of anilines is 2. The largest absolute Gasteiger partial charge is 0.492 e. The molecule has 1 saturated heterocycles. The van der Waals surface area contributed by atoms with Gasteiger partial charge in [-0.2, -0.15) is 0 Å². The average molecular weight is 379 g/mol. The van der Waals surface area contributed by atoms with Crippen molar-refractivity contribution in [2.45, 2.75) is 19.4 Å². The van der Waals surface area contributed by atoms with Crippen molar-refractivity contribution in [2.24, 2.45) is 0 Å². The van der Waals surface area contributed by atoms with Crippen molar-refractivity contribution in [2.75, 3.05) is 16.8 Å². The van der Waals surface area contributed by atoms with Crippen LogP contribution in [0.2, 0.25) is 10.0 Å². The molecule has 1 heterocycles. The maximum Gasteiger partial charge on any atom is 0.256 e. The van der Waals surface area contributed by atoms with Gasteiger partial charge in [0.15, 0.2) is 0 Å². The summed E-state index contributed by atoms with van der Waals surface area (Å²) in [6, 6.07) is 11.3. The number of hydrogen-bond acceptors (Lipinski definition) is 4. The van der Waals surface area contributed by atoms with E-state index in [2.05, 4.69) is 5.32 Å². The highest BCUT2D eigenvalue weighted by molar-refractivity contribution is 6.42. The van der Waals surface area contributed by atoms with Crippen molar-refractivity contribution < 1.29 is 14.3 Å². The predicted molar refractivity (Wildman–Crippen MR) is 98.6 cm³/mol. The lowest BCUT2D eigenvalue weighted by atomic mass is 10.2. The molecule has 130 valence electrons. The number of nitrogens with zero attached hydrogens (tertiary/aromatic N) is 1. The van der Waals surface area contributed by atoms with Crippen LogP contribution in [0.1, 0.15) is 13.3 Å². The summed E-state index contributed by atoms with van der Waals surface area (Å²) in [5, 5.41) is 3.85. The van der Waals surface area contributed by atoms with Crippen LogP contribution in [0.4, 0.5) is 11.4 Å². The zero-order valence-corrected chi connectivity index (χ0v) is 15.0. The first kappa shape index (κ1) is 17.6. The van der Waals surface area contributed by atoms with E-state index in [0.717, 1.165) is 0 Å². The number of carbonyl (C=O) groups is 2. The fourth-order valence-electron chi connectivity index (χ4n) is 2.70. The third-order valence-corrected chi connectivity index (χ3v) is 4.55. The number of para-hydroxylation sites is 2. The Morgan fingerprint density at radius 2 is 1.92 bits per heavy atom. The van der Waals surface area contributed by atoms with E-state index < -0.39 is 6.04 Å². The monoisotopic (exact) mass is 378 g/mol. The van der Waals surface area contributed by atoms with Gasteiger partial charge in [0.2, 0.25) is 5.91 Å². The highest BCUT2D eigenvalue weighted by Gasteiger charge is 2.40. The summed E-state index contributed by atoms with van der Waals surface area (Å²) < 4.78 is 5.53. The summed E-state index contributed by atoms with van der Waals surface area (Å²) in [6.07, 6.45) is 0.0551. The molecule has 25 heavy (non-hydrogen) atoms. The van der Waals surface area contributed by atoms with Crippen LogP contribution in [-0.2, 0) is 9.59 Å². The maximum atomic E-state index is 12.8. The third-order valence-electron chi connectivity index (χ3n) is 3.81. The number of ether oxygens (including phenoxy) is 1. The predicted octanol–water partition coefficient (Wildman–Crippen LogP) is 4.14. The Morgan fingerprint density at radius 1 is 1.16 bits per heavy atom. The molecule has 1 aliphatic heterocycles. The molecule has 1 unspecified atom stereocenters. The molecule has 7 heteroatoms. The number of benzene rings is 2. The summed E-state index contributed by atoms with van der Waals surface area (Å²) in [5.74, 6) is -0.111. The second kappa shape index (κ2) is 7.33. The Hall–Kier alpha value is -2.24. The van der Waals surface area contributed by atoms with E-state index >= 15 is 0 Å². The van der Waals surface area contributed by atoms with Gasteiger partial charge in [0.05, 0.1) is 28.8 Å². The van der Waals surface area contributed by atoms with Gasteiger partial charge in [-0.05, 0) is 37.3 Å². The van der Waals surface area contributed by atoms with Crippen molar-refractivity contribution in [3.8, 4) is 5.75 Å². The molecule has 1 atom stereocenters. The zero-order chi connectivity index (χ0) is 18.0. The van der Waals surface area contributed by atoms with Crippen LogP contribution >= 0.6 is 23.2 Å². The summed E-state index contributed by atoms with van der Waals surface area (Å²) in [5.41, 5.74) is 1.08. The second-order valence-electron chi connectivity index (χ2n) is 5.50. The van der Waals surface area contributed by atoms with Crippen molar-refractivity contribution in [1.82, 2.24) is 0 Å². The molecule has 1 fully saturated rings. The first-order valence-corrected chi connectivity index (χ1v) is 8.57. The number of rotatable bonds is 5. The number of nitrogens with one attached hydrogen (secondary N) is 1. The topological polar surface area (TPSA) is 58.6 Å². The Morgan fingerprint density at radius 3 is 2.64 bits per heavy atom. The number of carbonyl (C=O) groups excluding carboxylic acids is 2. The van der Waals surface area contributed by atoms with Gasteiger partial charge in [-0.3, -0.25) is 9.59 Å². The molecule has 1 aliphatic rings. The zero-order valence-electron chi connectivity index (χ0n) is 13.5. The van der Waals surface area contributed by atoms with E-state index in [0.29, 0.717) is 33.8 Å².